The zero-order valence-corrected chi connectivity index (χ0v) is 15.0. The second-order valence-electron chi connectivity index (χ2n) is 4.82. The van der Waals surface area contributed by atoms with E-state index in [1.54, 1.807) is 18.2 Å². The maximum atomic E-state index is 12.3. The number of hydrogen-bond acceptors (Lipinski definition) is 5. The number of methoxy groups -OCH3 is 2. The molecule has 2 aromatic rings. The Morgan fingerprint density at radius 2 is 1.56 bits per heavy atom. The van der Waals surface area contributed by atoms with Gasteiger partial charge in [-0.25, -0.2) is 4.79 Å². The highest BCUT2D eigenvalue weighted by Crippen LogP contribution is 2.29. The molecule has 0 unspecified atom stereocenters. The Balaban J connectivity index is 2.03. The molecule has 0 heterocycles. The van der Waals surface area contributed by atoms with Crippen molar-refractivity contribution in [3.05, 3.63) is 52.0 Å². The number of ether oxygens (including phenoxy) is 3. The van der Waals surface area contributed by atoms with Crippen LogP contribution < -0.4 is 14.8 Å². The average Bonchev–Trinajstić information content (AvgIpc) is 2.57. The Morgan fingerprint density at radius 3 is 2.08 bits per heavy atom. The molecule has 8 heteroatoms. The Kier molecular flexibility index (Phi) is 6.50. The molecule has 2 aromatic carbocycles. The lowest BCUT2D eigenvalue weighted by molar-refractivity contribution is -0.119. The molecule has 0 radical (unpaired) electrons. The third-order valence-corrected chi connectivity index (χ3v) is 3.55. The molecule has 0 aliphatic heterocycles. The van der Waals surface area contributed by atoms with Gasteiger partial charge in [-0.15, -0.1) is 0 Å². The van der Waals surface area contributed by atoms with E-state index in [0.29, 0.717) is 15.7 Å². The monoisotopic (exact) mass is 383 g/mol. The molecule has 1 N–H and O–H groups in total. The van der Waals surface area contributed by atoms with Crippen LogP contribution in [0.2, 0.25) is 10.0 Å². The number of carbonyl (C=O) groups excluding carboxylic acids is 2. The smallest absolute Gasteiger partial charge is 0.346 e. The Labute approximate surface area is 154 Å². The molecular weight excluding hydrogens is 369 g/mol. The fraction of sp³-hybridized carbons (Fsp3) is 0.176. The van der Waals surface area contributed by atoms with E-state index >= 15 is 0 Å². The predicted molar refractivity (Wildman–Crippen MR) is 94.9 cm³/mol. The van der Waals surface area contributed by atoms with E-state index in [1.807, 2.05) is 0 Å². The largest absolute Gasteiger partial charge is 0.496 e. The van der Waals surface area contributed by atoms with E-state index < -0.39 is 18.5 Å². The van der Waals surface area contributed by atoms with E-state index in [0.717, 1.165) is 0 Å². The van der Waals surface area contributed by atoms with Gasteiger partial charge in [-0.05, 0) is 30.3 Å². The summed E-state index contributed by atoms with van der Waals surface area (Å²) in [4.78, 5) is 24.2. The molecule has 0 aliphatic rings. The summed E-state index contributed by atoms with van der Waals surface area (Å²) >= 11 is 11.7. The first-order chi connectivity index (χ1) is 11.9. The number of rotatable bonds is 6. The van der Waals surface area contributed by atoms with Crippen LogP contribution in [0.4, 0.5) is 5.69 Å². The minimum Gasteiger partial charge on any atom is -0.496 e. The molecular formula is C17H15Cl2NO5. The molecule has 0 saturated carbocycles. The van der Waals surface area contributed by atoms with E-state index in [4.69, 9.17) is 37.4 Å². The fourth-order valence-electron chi connectivity index (χ4n) is 2.08. The van der Waals surface area contributed by atoms with Gasteiger partial charge < -0.3 is 19.5 Å². The van der Waals surface area contributed by atoms with Crippen molar-refractivity contribution in [3.63, 3.8) is 0 Å². The highest BCUT2D eigenvalue weighted by Gasteiger charge is 2.20. The van der Waals surface area contributed by atoms with Crippen LogP contribution in [0.25, 0.3) is 0 Å². The number of hydrogen-bond donors (Lipinski definition) is 1. The zero-order chi connectivity index (χ0) is 18.4. The summed E-state index contributed by atoms with van der Waals surface area (Å²) in [7, 11) is 2.84. The molecule has 0 fully saturated rings. The van der Waals surface area contributed by atoms with Crippen molar-refractivity contribution in [2.24, 2.45) is 0 Å². The summed E-state index contributed by atoms with van der Waals surface area (Å²) in [5, 5.41) is 3.29. The summed E-state index contributed by atoms with van der Waals surface area (Å²) < 4.78 is 15.3. The van der Waals surface area contributed by atoms with Gasteiger partial charge in [-0.1, -0.05) is 29.3 Å². The lowest BCUT2D eigenvalue weighted by Crippen LogP contribution is -2.21. The number of amides is 1. The van der Waals surface area contributed by atoms with Crippen LogP contribution in [0, 0.1) is 0 Å². The molecule has 0 aliphatic carbocycles. The van der Waals surface area contributed by atoms with Crippen molar-refractivity contribution in [2.45, 2.75) is 0 Å². The van der Waals surface area contributed by atoms with Crippen molar-refractivity contribution in [1.82, 2.24) is 0 Å². The van der Waals surface area contributed by atoms with Crippen LogP contribution in [-0.2, 0) is 9.53 Å². The van der Waals surface area contributed by atoms with Crippen molar-refractivity contribution in [3.8, 4) is 11.5 Å². The van der Waals surface area contributed by atoms with Gasteiger partial charge in [0, 0.05) is 15.7 Å². The maximum Gasteiger partial charge on any atom is 0.346 e. The van der Waals surface area contributed by atoms with Gasteiger partial charge >= 0.3 is 5.97 Å². The Morgan fingerprint density at radius 1 is 1.00 bits per heavy atom. The summed E-state index contributed by atoms with van der Waals surface area (Å²) in [5.41, 5.74) is 0.500. The van der Waals surface area contributed by atoms with Crippen LogP contribution in [-0.4, -0.2) is 32.7 Å². The lowest BCUT2D eigenvalue weighted by atomic mass is 10.2. The molecule has 25 heavy (non-hydrogen) atoms. The normalized spacial score (nSPS) is 10.1. The van der Waals surface area contributed by atoms with Crippen LogP contribution in [0.1, 0.15) is 10.4 Å². The Hall–Kier alpha value is -2.44. The minimum atomic E-state index is -0.742. The van der Waals surface area contributed by atoms with Gasteiger partial charge in [0.25, 0.3) is 5.91 Å². The summed E-state index contributed by atoms with van der Waals surface area (Å²) in [6.45, 7) is -0.496. The second-order valence-corrected chi connectivity index (χ2v) is 5.69. The van der Waals surface area contributed by atoms with Gasteiger partial charge in [-0.2, -0.15) is 0 Å². The summed E-state index contributed by atoms with van der Waals surface area (Å²) in [6, 6.07) is 9.43. The Bertz CT molecular complexity index is 752. The summed E-state index contributed by atoms with van der Waals surface area (Å²) in [5.74, 6) is -0.716. The summed E-state index contributed by atoms with van der Waals surface area (Å²) in [6.07, 6.45) is 0. The molecule has 6 nitrogen and oxygen atoms in total. The number of benzene rings is 2. The van der Waals surface area contributed by atoms with Gasteiger partial charge in [0.15, 0.2) is 6.61 Å². The fourth-order valence-corrected chi connectivity index (χ4v) is 2.60. The zero-order valence-electron chi connectivity index (χ0n) is 13.5. The molecule has 0 saturated heterocycles. The molecule has 0 aromatic heterocycles. The molecule has 2 rings (SSSR count). The average molecular weight is 384 g/mol. The van der Waals surface area contributed by atoms with Crippen molar-refractivity contribution in [2.75, 3.05) is 26.1 Å². The molecule has 0 bridgehead atoms. The van der Waals surface area contributed by atoms with Gasteiger partial charge in [0.1, 0.15) is 17.1 Å². The molecule has 132 valence electrons. The third-order valence-electron chi connectivity index (χ3n) is 3.11. The van der Waals surface area contributed by atoms with Crippen LogP contribution in [0.3, 0.4) is 0 Å². The number of esters is 1. The van der Waals surface area contributed by atoms with Gasteiger partial charge in [-0.3, -0.25) is 4.79 Å². The van der Waals surface area contributed by atoms with Crippen molar-refractivity contribution >= 4 is 40.8 Å². The van der Waals surface area contributed by atoms with Crippen molar-refractivity contribution < 1.29 is 23.8 Å². The first-order valence-electron chi connectivity index (χ1n) is 7.08. The highest BCUT2D eigenvalue weighted by molar-refractivity contribution is 6.35. The minimum absolute atomic E-state index is 0.103. The van der Waals surface area contributed by atoms with E-state index in [9.17, 15) is 9.59 Å². The second kappa shape index (κ2) is 8.60. The molecule has 0 atom stereocenters. The number of halogens is 2. The maximum absolute atomic E-state index is 12.3. The SMILES string of the molecule is COc1cccc(OC)c1C(=O)OCC(=O)Nc1cc(Cl)cc(Cl)c1. The number of carbonyl (C=O) groups is 2. The van der Waals surface area contributed by atoms with Crippen LogP contribution >= 0.6 is 23.2 Å². The number of anilines is 1. The van der Waals surface area contributed by atoms with E-state index in [1.165, 1.54) is 32.4 Å². The van der Waals surface area contributed by atoms with Gasteiger partial charge in [0.05, 0.1) is 14.2 Å². The molecule has 0 spiro atoms. The third kappa shape index (κ3) is 5.01. The standard InChI is InChI=1S/C17H15Cl2NO5/c1-23-13-4-3-5-14(24-2)16(13)17(22)25-9-15(21)20-12-7-10(18)6-11(19)8-12/h3-8H,9H2,1-2H3,(H,20,21). The lowest BCUT2D eigenvalue weighted by Gasteiger charge is -2.12. The first kappa shape index (κ1) is 18.9. The van der Waals surface area contributed by atoms with Crippen LogP contribution in [0.5, 0.6) is 11.5 Å². The predicted octanol–water partition coefficient (Wildman–Crippen LogP) is 3.81. The highest BCUT2D eigenvalue weighted by atomic mass is 35.5. The topological polar surface area (TPSA) is 73.9 Å². The quantitative estimate of drug-likeness (QED) is 0.767. The van der Waals surface area contributed by atoms with Crippen LogP contribution in [0.15, 0.2) is 36.4 Å². The van der Waals surface area contributed by atoms with Gasteiger partial charge in [0.2, 0.25) is 0 Å². The van der Waals surface area contributed by atoms with E-state index in [-0.39, 0.29) is 17.1 Å². The van der Waals surface area contributed by atoms with Crippen molar-refractivity contribution in [1.29, 1.82) is 0 Å². The first-order valence-corrected chi connectivity index (χ1v) is 7.84. The molecule has 1 amide bonds. The number of nitrogens with one attached hydrogen (secondary N) is 1. The van der Waals surface area contributed by atoms with E-state index in [2.05, 4.69) is 5.32 Å².